The summed E-state index contributed by atoms with van der Waals surface area (Å²) in [6, 6.07) is 8.76. The van der Waals surface area contributed by atoms with Crippen LogP contribution in [0, 0.1) is 19.8 Å². The van der Waals surface area contributed by atoms with Crippen LogP contribution >= 0.6 is 23.1 Å². The van der Waals surface area contributed by atoms with E-state index in [0.717, 1.165) is 10.6 Å². The molecule has 0 aliphatic rings. The number of rotatable bonds is 8. The molecule has 2 heterocycles. The highest BCUT2D eigenvalue weighted by Gasteiger charge is 2.25. The van der Waals surface area contributed by atoms with E-state index < -0.39 is 0 Å². The molecule has 3 rings (SSSR count). The van der Waals surface area contributed by atoms with Crippen molar-refractivity contribution in [1.29, 1.82) is 0 Å². The first-order valence-corrected chi connectivity index (χ1v) is 11.7. The summed E-state index contributed by atoms with van der Waals surface area (Å²) >= 11 is 2.75. The van der Waals surface area contributed by atoms with E-state index in [2.05, 4.69) is 25.8 Å². The Labute approximate surface area is 189 Å². The van der Waals surface area contributed by atoms with Gasteiger partial charge < -0.3 is 15.2 Å². The van der Waals surface area contributed by atoms with Gasteiger partial charge in [-0.15, -0.1) is 21.5 Å². The molecule has 0 unspecified atom stereocenters. The number of anilines is 1. The number of nitrogens with one attached hydrogen (secondary N) is 2. The van der Waals surface area contributed by atoms with Crippen molar-refractivity contribution >= 4 is 40.0 Å². The van der Waals surface area contributed by atoms with E-state index in [-0.39, 0.29) is 29.5 Å². The lowest BCUT2D eigenvalue weighted by molar-refractivity contribution is -0.113. The Balaban J connectivity index is 1.65. The van der Waals surface area contributed by atoms with Crippen LogP contribution < -0.4 is 10.6 Å². The average molecular weight is 459 g/mol. The summed E-state index contributed by atoms with van der Waals surface area (Å²) < 4.78 is 1.82. The highest BCUT2D eigenvalue weighted by atomic mass is 32.2. The number of amides is 2. The quantitative estimate of drug-likeness (QED) is 0.499. The summed E-state index contributed by atoms with van der Waals surface area (Å²) in [4.78, 5) is 30.3. The first-order valence-electron chi connectivity index (χ1n) is 9.88. The van der Waals surface area contributed by atoms with Crippen molar-refractivity contribution in [2.75, 3.05) is 11.1 Å². The van der Waals surface area contributed by atoms with Crippen molar-refractivity contribution in [2.24, 2.45) is 13.0 Å². The molecule has 0 bridgehead atoms. The standard InChI is InChI=1S/C21H26N6O2S2/c1-12(2)17(24-19(29)15-9-7-6-8-10-15)18-25-26-21(27(18)5)30-11-16(28)23-20-22-13(3)14(4)31-20/h6-10,12,17H,11H2,1-5H3,(H,24,29)(H,22,23,28)/t17-/m0/s1. The molecule has 2 N–H and O–H groups in total. The van der Waals surface area contributed by atoms with Gasteiger partial charge in [-0.05, 0) is 31.9 Å². The smallest absolute Gasteiger partial charge is 0.251 e. The molecule has 0 radical (unpaired) electrons. The molecule has 0 fully saturated rings. The minimum atomic E-state index is -0.311. The second kappa shape index (κ2) is 10.1. The van der Waals surface area contributed by atoms with Crippen LogP contribution in [0.3, 0.4) is 0 Å². The third kappa shape index (κ3) is 5.71. The second-order valence-corrected chi connectivity index (χ2v) is 9.60. The van der Waals surface area contributed by atoms with Crippen LogP contribution in [0.15, 0.2) is 35.5 Å². The number of thioether (sulfide) groups is 1. The zero-order valence-electron chi connectivity index (χ0n) is 18.2. The minimum absolute atomic E-state index is 0.105. The van der Waals surface area contributed by atoms with Gasteiger partial charge in [0.2, 0.25) is 5.91 Å². The molecule has 3 aromatic rings. The van der Waals surface area contributed by atoms with Gasteiger partial charge in [0.25, 0.3) is 5.91 Å². The SMILES string of the molecule is Cc1nc(NC(=O)CSc2nnc([C@@H](NC(=O)c3ccccc3)C(C)C)n2C)sc1C. The maximum atomic E-state index is 12.6. The number of aromatic nitrogens is 4. The largest absolute Gasteiger partial charge is 0.342 e. The highest BCUT2D eigenvalue weighted by Crippen LogP contribution is 2.25. The molecule has 31 heavy (non-hydrogen) atoms. The number of hydrogen-bond donors (Lipinski definition) is 2. The van der Waals surface area contributed by atoms with Gasteiger partial charge in [-0.25, -0.2) is 4.98 Å². The number of hydrogen-bond acceptors (Lipinski definition) is 7. The third-order valence-electron chi connectivity index (χ3n) is 4.74. The van der Waals surface area contributed by atoms with Crippen LogP contribution in [0.4, 0.5) is 5.13 Å². The predicted molar refractivity (Wildman–Crippen MR) is 123 cm³/mol. The van der Waals surface area contributed by atoms with E-state index in [1.54, 1.807) is 12.1 Å². The van der Waals surface area contributed by atoms with E-state index in [1.807, 2.05) is 57.5 Å². The van der Waals surface area contributed by atoms with Gasteiger partial charge in [-0.3, -0.25) is 9.59 Å². The molecule has 0 saturated carbocycles. The van der Waals surface area contributed by atoms with Gasteiger partial charge in [0.1, 0.15) is 0 Å². The first kappa shape index (κ1) is 23.0. The Bertz CT molecular complexity index is 1040. The fraction of sp³-hybridized carbons (Fsp3) is 0.381. The minimum Gasteiger partial charge on any atom is -0.342 e. The molecule has 164 valence electrons. The Morgan fingerprint density at radius 2 is 1.87 bits per heavy atom. The predicted octanol–water partition coefficient (Wildman–Crippen LogP) is 3.75. The fourth-order valence-electron chi connectivity index (χ4n) is 2.88. The molecule has 0 aliphatic heterocycles. The third-order valence-corrected chi connectivity index (χ3v) is 6.75. The highest BCUT2D eigenvalue weighted by molar-refractivity contribution is 7.99. The van der Waals surface area contributed by atoms with E-state index >= 15 is 0 Å². The summed E-state index contributed by atoms with van der Waals surface area (Å²) in [6.07, 6.45) is 0. The van der Waals surface area contributed by atoms with E-state index in [9.17, 15) is 9.59 Å². The maximum Gasteiger partial charge on any atom is 0.251 e. The summed E-state index contributed by atoms with van der Waals surface area (Å²) in [5.74, 6) is 0.624. The van der Waals surface area contributed by atoms with Crippen LogP contribution in [0.2, 0.25) is 0 Å². The van der Waals surface area contributed by atoms with Crippen LogP contribution in [-0.2, 0) is 11.8 Å². The first-order chi connectivity index (χ1) is 14.8. The van der Waals surface area contributed by atoms with Crippen molar-refractivity contribution in [3.8, 4) is 0 Å². The maximum absolute atomic E-state index is 12.6. The van der Waals surface area contributed by atoms with Crippen molar-refractivity contribution in [2.45, 2.75) is 38.9 Å². The van der Waals surface area contributed by atoms with Gasteiger partial charge in [-0.2, -0.15) is 0 Å². The van der Waals surface area contributed by atoms with E-state index in [1.165, 1.54) is 23.1 Å². The summed E-state index contributed by atoms with van der Waals surface area (Å²) in [5, 5.41) is 15.6. The lowest BCUT2D eigenvalue weighted by atomic mass is 10.0. The van der Waals surface area contributed by atoms with Crippen molar-refractivity contribution in [3.63, 3.8) is 0 Å². The van der Waals surface area contributed by atoms with E-state index in [0.29, 0.717) is 21.7 Å². The molecule has 2 amide bonds. The number of benzene rings is 1. The summed E-state index contributed by atoms with van der Waals surface area (Å²) in [5.41, 5.74) is 1.51. The molecular weight excluding hydrogens is 432 g/mol. The molecule has 1 aromatic carbocycles. The van der Waals surface area contributed by atoms with Gasteiger partial charge >= 0.3 is 0 Å². The number of carbonyl (C=O) groups is 2. The van der Waals surface area contributed by atoms with Crippen LogP contribution in [0.5, 0.6) is 0 Å². The second-order valence-electron chi connectivity index (χ2n) is 7.46. The number of thiazole rings is 1. The van der Waals surface area contributed by atoms with Gasteiger partial charge in [0.15, 0.2) is 16.1 Å². The number of aryl methyl sites for hydroxylation is 2. The van der Waals surface area contributed by atoms with Crippen LogP contribution in [0.1, 0.15) is 46.6 Å². The molecule has 0 saturated heterocycles. The van der Waals surface area contributed by atoms with Crippen LogP contribution in [-0.4, -0.2) is 37.3 Å². The fourth-order valence-corrected chi connectivity index (χ4v) is 4.43. The molecule has 0 aliphatic carbocycles. The molecular formula is C21H26N6O2S2. The van der Waals surface area contributed by atoms with Crippen molar-refractivity contribution < 1.29 is 9.59 Å². The molecule has 8 nitrogen and oxygen atoms in total. The molecule has 2 aromatic heterocycles. The summed E-state index contributed by atoms with van der Waals surface area (Å²) in [6.45, 7) is 7.92. The number of carbonyl (C=O) groups excluding carboxylic acids is 2. The zero-order chi connectivity index (χ0) is 22.5. The Kier molecular flexibility index (Phi) is 7.45. The molecule has 0 spiro atoms. The van der Waals surface area contributed by atoms with Crippen molar-refractivity contribution in [1.82, 2.24) is 25.1 Å². The Morgan fingerprint density at radius 1 is 1.16 bits per heavy atom. The van der Waals surface area contributed by atoms with Gasteiger partial charge in [0, 0.05) is 17.5 Å². The normalized spacial score (nSPS) is 12.1. The average Bonchev–Trinajstić information content (AvgIpc) is 3.25. The Hall–Kier alpha value is -2.72. The molecule has 10 heteroatoms. The summed E-state index contributed by atoms with van der Waals surface area (Å²) in [7, 11) is 1.84. The lowest BCUT2D eigenvalue weighted by Crippen LogP contribution is -2.33. The monoisotopic (exact) mass is 458 g/mol. The lowest BCUT2D eigenvalue weighted by Gasteiger charge is -2.21. The van der Waals surface area contributed by atoms with Crippen LogP contribution in [0.25, 0.3) is 0 Å². The van der Waals surface area contributed by atoms with Gasteiger partial charge in [0.05, 0.1) is 17.5 Å². The Morgan fingerprint density at radius 3 is 2.48 bits per heavy atom. The molecule has 1 atom stereocenters. The topological polar surface area (TPSA) is 102 Å². The van der Waals surface area contributed by atoms with Gasteiger partial charge in [-0.1, -0.05) is 43.8 Å². The van der Waals surface area contributed by atoms with E-state index in [4.69, 9.17) is 0 Å². The number of nitrogens with zero attached hydrogens (tertiary/aromatic N) is 4. The van der Waals surface area contributed by atoms with Crippen molar-refractivity contribution in [3.05, 3.63) is 52.3 Å². The zero-order valence-corrected chi connectivity index (χ0v) is 19.8.